The van der Waals surface area contributed by atoms with Crippen molar-refractivity contribution in [3.8, 4) is 0 Å². The number of piperazine rings is 1. The summed E-state index contributed by atoms with van der Waals surface area (Å²) in [5.74, 6) is 0.788. The quantitative estimate of drug-likeness (QED) is 0.873. The molecular formula is C13H16ClN7OS. The van der Waals surface area contributed by atoms with E-state index in [0.717, 1.165) is 30.5 Å². The van der Waals surface area contributed by atoms with Crippen molar-refractivity contribution in [1.29, 1.82) is 0 Å². The molecule has 0 radical (unpaired) electrons. The number of carbonyl (C=O) groups excluding carboxylic acids is 1. The van der Waals surface area contributed by atoms with Gasteiger partial charge in [-0.2, -0.15) is 4.37 Å². The van der Waals surface area contributed by atoms with Gasteiger partial charge in [-0.3, -0.25) is 4.79 Å². The first-order valence-corrected chi connectivity index (χ1v) is 8.39. The number of amides is 1. The lowest BCUT2D eigenvalue weighted by Gasteiger charge is -2.35. The first-order chi connectivity index (χ1) is 11.1. The topological polar surface area (TPSA) is 101 Å². The predicted molar refractivity (Wildman–Crippen MR) is 89.3 cm³/mol. The predicted octanol–water partition coefficient (Wildman–Crippen LogP) is 0.969. The maximum absolute atomic E-state index is 11.6. The molecule has 8 nitrogen and oxygen atoms in total. The molecule has 0 aliphatic carbocycles. The third-order valence-electron chi connectivity index (χ3n) is 3.63. The minimum atomic E-state index is -0.559. The highest BCUT2D eigenvalue weighted by Crippen LogP contribution is 2.23. The van der Waals surface area contributed by atoms with Gasteiger partial charge in [0.1, 0.15) is 5.82 Å². The normalized spacial score (nSPS) is 15.0. The lowest BCUT2D eigenvalue weighted by Crippen LogP contribution is -2.47. The van der Waals surface area contributed by atoms with Crippen LogP contribution in [-0.4, -0.2) is 51.6 Å². The Morgan fingerprint density at radius 2 is 2.00 bits per heavy atom. The lowest BCUT2D eigenvalue weighted by molar-refractivity contribution is 0.1000. The number of nitrogens with zero attached hydrogens (tertiary/aromatic N) is 6. The van der Waals surface area contributed by atoms with E-state index in [1.165, 1.54) is 17.6 Å². The number of carbonyl (C=O) groups is 1. The highest BCUT2D eigenvalue weighted by molar-refractivity contribution is 7.09. The van der Waals surface area contributed by atoms with E-state index in [4.69, 9.17) is 17.3 Å². The van der Waals surface area contributed by atoms with E-state index in [1.807, 2.05) is 11.8 Å². The van der Waals surface area contributed by atoms with Crippen LogP contribution in [-0.2, 0) is 6.42 Å². The minimum absolute atomic E-state index is 0.155. The van der Waals surface area contributed by atoms with Crippen LogP contribution in [0.25, 0.3) is 0 Å². The van der Waals surface area contributed by atoms with Gasteiger partial charge in [-0.25, -0.2) is 4.98 Å². The molecular weight excluding hydrogens is 338 g/mol. The molecule has 0 bridgehead atoms. The summed E-state index contributed by atoms with van der Waals surface area (Å²) in [4.78, 5) is 20.3. The van der Waals surface area contributed by atoms with E-state index < -0.39 is 5.91 Å². The van der Waals surface area contributed by atoms with Gasteiger partial charge in [0.25, 0.3) is 5.91 Å². The summed E-state index contributed by atoms with van der Waals surface area (Å²) in [5, 5.41) is 8.94. The summed E-state index contributed by atoms with van der Waals surface area (Å²) < 4.78 is 4.31. The summed E-state index contributed by atoms with van der Waals surface area (Å²) in [6.07, 6.45) is 0.832. The molecule has 1 saturated heterocycles. The third kappa shape index (κ3) is 3.35. The number of hydrogen-bond donors (Lipinski definition) is 1. The number of primary amides is 1. The number of halogens is 1. The average molecular weight is 354 g/mol. The Bertz CT molecular complexity index is 714. The van der Waals surface area contributed by atoms with Gasteiger partial charge < -0.3 is 15.5 Å². The standard InChI is InChI=1S/C13H16ClN7OS/c1-2-10-16-13(23-19-10)21-5-3-20(4-6-21)12-8(11(15)22)7-9(14)17-18-12/h7H,2-6H2,1H3,(H2,15,22). The Morgan fingerprint density at radius 3 is 2.61 bits per heavy atom. The fourth-order valence-electron chi connectivity index (χ4n) is 2.40. The van der Waals surface area contributed by atoms with Crippen molar-refractivity contribution < 1.29 is 4.79 Å². The van der Waals surface area contributed by atoms with Crippen molar-refractivity contribution in [2.45, 2.75) is 13.3 Å². The second-order valence-corrected chi connectivity index (χ2v) is 6.21. The molecule has 1 aliphatic heterocycles. The van der Waals surface area contributed by atoms with Crippen LogP contribution >= 0.6 is 23.1 Å². The number of aryl methyl sites for hydroxylation is 1. The van der Waals surface area contributed by atoms with Gasteiger partial charge in [-0.15, -0.1) is 10.2 Å². The SMILES string of the molecule is CCc1nsc(N2CCN(c3nnc(Cl)cc3C(N)=O)CC2)n1. The first-order valence-electron chi connectivity index (χ1n) is 7.24. The van der Waals surface area contributed by atoms with Gasteiger partial charge in [0.15, 0.2) is 11.0 Å². The highest BCUT2D eigenvalue weighted by atomic mass is 35.5. The van der Waals surface area contributed by atoms with E-state index in [9.17, 15) is 4.79 Å². The molecule has 2 N–H and O–H groups in total. The molecule has 122 valence electrons. The van der Waals surface area contributed by atoms with Gasteiger partial charge in [-0.1, -0.05) is 18.5 Å². The number of aromatic nitrogens is 4. The van der Waals surface area contributed by atoms with Crippen LogP contribution in [0.1, 0.15) is 23.1 Å². The fourth-order valence-corrected chi connectivity index (χ4v) is 3.35. The van der Waals surface area contributed by atoms with Gasteiger partial charge in [0, 0.05) is 44.1 Å². The molecule has 0 unspecified atom stereocenters. The third-order valence-corrected chi connectivity index (χ3v) is 4.63. The Balaban J connectivity index is 1.73. The molecule has 2 aromatic rings. The van der Waals surface area contributed by atoms with E-state index in [2.05, 4.69) is 24.5 Å². The molecule has 3 heterocycles. The zero-order valence-corrected chi connectivity index (χ0v) is 14.1. The second-order valence-electron chi connectivity index (χ2n) is 5.09. The van der Waals surface area contributed by atoms with Crippen molar-refractivity contribution in [3.63, 3.8) is 0 Å². The molecule has 23 heavy (non-hydrogen) atoms. The zero-order chi connectivity index (χ0) is 16.4. The van der Waals surface area contributed by atoms with Crippen LogP contribution in [0.5, 0.6) is 0 Å². The van der Waals surface area contributed by atoms with Crippen LogP contribution < -0.4 is 15.5 Å². The maximum Gasteiger partial charge on any atom is 0.252 e. The molecule has 0 aromatic carbocycles. The second kappa shape index (κ2) is 6.63. The average Bonchev–Trinajstić information content (AvgIpc) is 3.04. The molecule has 1 fully saturated rings. The summed E-state index contributed by atoms with van der Waals surface area (Å²) in [6.45, 7) is 4.95. The Kier molecular flexibility index (Phi) is 4.58. The molecule has 0 spiro atoms. The van der Waals surface area contributed by atoms with Crippen molar-refractivity contribution >= 4 is 40.0 Å². The van der Waals surface area contributed by atoms with E-state index in [1.54, 1.807) is 0 Å². The summed E-state index contributed by atoms with van der Waals surface area (Å²) in [5.41, 5.74) is 5.70. The molecule has 3 rings (SSSR count). The van der Waals surface area contributed by atoms with Gasteiger partial charge in [0.2, 0.25) is 5.13 Å². The van der Waals surface area contributed by atoms with Crippen molar-refractivity contribution in [2.24, 2.45) is 5.73 Å². The van der Waals surface area contributed by atoms with Gasteiger partial charge in [-0.05, 0) is 6.07 Å². The first kappa shape index (κ1) is 15.9. The van der Waals surface area contributed by atoms with E-state index in [-0.39, 0.29) is 5.15 Å². The molecule has 1 amide bonds. The van der Waals surface area contributed by atoms with Gasteiger partial charge >= 0.3 is 0 Å². The number of anilines is 2. The smallest absolute Gasteiger partial charge is 0.252 e. The Labute approximate surface area is 142 Å². The minimum Gasteiger partial charge on any atom is -0.365 e. The largest absolute Gasteiger partial charge is 0.365 e. The molecule has 0 atom stereocenters. The lowest BCUT2D eigenvalue weighted by atomic mass is 10.2. The molecule has 10 heteroatoms. The summed E-state index contributed by atoms with van der Waals surface area (Å²) in [7, 11) is 0. The molecule has 0 saturated carbocycles. The summed E-state index contributed by atoms with van der Waals surface area (Å²) >= 11 is 7.21. The van der Waals surface area contributed by atoms with Crippen LogP contribution in [0.3, 0.4) is 0 Å². The molecule has 2 aromatic heterocycles. The number of rotatable bonds is 4. The van der Waals surface area contributed by atoms with E-state index >= 15 is 0 Å². The Hall–Kier alpha value is -2.00. The fraction of sp³-hybridized carbons (Fsp3) is 0.462. The van der Waals surface area contributed by atoms with Crippen LogP contribution in [0.15, 0.2) is 6.07 Å². The summed E-state index contributed by atoms with van der Waals surface area (Å²) in [6, 6.07) is 1.46. The monoisotopic (exact) mass is 353 g/mol. The number of nitrogens with two attached hydrogens (primary N) is 1. The number of hydrogen-bond acceptors (Lipinski definition) is 8. The van der Waals surface area contributed by atoms with Gasteiger partial charge in [0.05, 0.1) is 5.56 Å². The van der Waals surface area contributed by atoms with E-state index in [0.29, 0.717) is 24.5 Å². The molecule has 1 aliphatic rings. The Morgan fingerprint density at radius 1 is 1.30 bits per heavy atom. The van der Waals surface area contributed by atoms with Crippen molar-refractivity contribution in [1.82, 2.24) is 19.6 Å². The highest BCUT2D eigenvalue weighted by Gasteiger charge is 2.24. The van der Waals surface area contributed by atoms with Crippen LogP contribution in [0, 0.1) is 0 Å². The van der Waals surface area contributed by atoms with Crippen LogP contribution in [0.2, 0.25) is 5.15 Å². The van der Waals surface area contributed by atoms with Crippen molar-refractivity contribution in [3.05, 3.63) is 22.6 Å². The maximum atomic E-state index is 11.6. The zero-order valence-electron chi connectivity index (χ0n) is 12.6. The van der Waals surface area contributed by atoms with Crippen LogP contribution in [0.4, 0.5) is 10.9 Å². The van der Waals surface area contributed by atoms with Crippen molar-refractivity contribution in [2.75, 3.05) is 36.0 Å².